The van der Waals surface area contributed by atoms with E-state index in [0.717, 1.165) is 12.2 Å². The Hall–Kier alpha value is -2.24. The summed E-state index contributed by atoms with van der Waals surface area (Å²) in [5, 5.41) is 11.5. The van der Waals surface area contributed by atoms with Crippen LogP contribution in [0.3, 0.4) is 0 Å². The Balaban J connectivity index is 1.81. The average molecular weight is 278 g/mol. The van der Waals surface area contributed by atoms with Crippen molar-refractivity contribution in [2.75, 3.05) is 25.0 Å². The second-order valence-electron chi connectivity index (χ2n) is 4.74. The maximum absolute atomic E-state index is 11.8. The van der Waals surface area contributed by atoms with E-state index < -0.39 is 11.9 Å². The van der Waals surface area contributed by atoms with Gasteiger partial charge in [-0.3, -0.25) is 4.79 Å². The highest BCUT2D eigenvalue weighted by molar-refractivity contribution is 5.91. The summed E-state index contributed by atoms with van der Waals surface area (Å²) in [6, 6.07) is 6.84. The molecule has 0 spiro atoms. The zero-order chi connectivity index (χ0) is 14.5. The highest BCUT2D eigenvalue weighted by Crippen LogP contribution is 2.19. The van der Waals surface area contributed by atoms with Gasteiger partial charge in [-0.2, -0.15) is 0 Å². The molecule has 1 saturated heterocycles. The van der Waals surface area contributed by atoms with Crippen molar-refractivity contribution in [3.8, 4) is 5.75 Å². The standard InChI is InChI=1S/C14H18N2O4/c1-2-7-20-12-5-3-11(4-6-12)15-14(19)16-8-10(9-16)13(17)18/h3-6,10H,2,7-9H2,1H3,(H,15,19)(H,17,18). The molecule has 2 rings (SSSR count). The minimum absolute atomic E-state index is 0.263. The van der Waals surface area contributed by atoms with E-state index in [1.54, 1.807) is 24.3 Å². The second kappa shape index (κ2) is 6.27. The van der Waals surface area contributed by atoms with E-state index in [-0.39, 0.29) is 19.1 Å². The lowest BCUT2D eigenvalue weighted by atomic mass is 10.0. The van der Waals surface area contributed by atoms with Gasteiger partial charge in [0.2, 0.25) is 0 Å². The Morgan fingerprint density at radius 2 is 2.00 bits per heavy atom. The minimum Gasteiger partial charge on any atom is -0.494 e. The largest absolute Gasteiger partial charge is 0.494 e. The minimum atomic E-state index is -0.855. The van der Waals surface area contributed by atoms with Crippen molar-refractivity contribution in [3.05, 3.63) is 24.3 Å². The molecule has 0 atom stereocenters. The van der Waals surface area contributed by atoms with E-state index >= 15 is 0 Å². The number of ether oxygens (including phenoxy) is 1. The van der Waals surface area contributed by atoms with E-state index in [1.165, 1.54) is 4.90 Å². The number of urea groups is 1. The van der Waals surface area contributed by atoms with Gasteiger partial charge in [0.1, 0.15) is 5.75 Å². The molecule has 2 amide bonds. The van der Waals surface area contributed by atoms with Crippen molar-refractivity contribution in [3.63, 3.8) is 0 Å². The predicted molar refractivity (Wildman–Crippen MR) is 73.9 cm³/mol. The molecule has 6 nitrogen and oxygen atoms in total. The van der Waals surface area contributed by atoms with Crippen LogP contribution in [0.4, 0.5) is 10.5 Å². The smallest absolute Gasteiger partial charge is 0.321 e. The molecule has 108 valence electrons. The first kappa shape index (κ1) is 14.2. The van der Waals surface area contributed by atoms with Gasteiger partial charge >= 0.3 is 12.0 Å². The monoisotopic (exact) mass is 278 g/mol. The number of carboxylic acids is 1. The topological polar surface area (TPSA) is 78.9 Å². The molecule has 0 saturated carbocycles. The quantitative estimate of drug-likeness (QED) is 0.863. The number of hydrogen-bond donors (Lipinski definition) is 2. The highest BCUT2D eigenvalue weighted by Gasteiger charge is 2.35. The van der Waals surface area contributed by atoms with Crippen LogP contribution in [0.5, 0.6) is 5.75 Å². The van der Waals surface area contributed by atoms with E-state index in [0.29, 0.717) is 12.3 Å². The van der Waals surface area contributed by atoms with Crippen LogP contribution in [0.1, 0.15) is 13.3 Å². The molecule has 1 fully saturated rings. The van der Waals surface area contributed by atoms with Crippen LogP contribution in [0.2, 0.25) is 0 Å². The van der Waals surface area contributed by atoms with Crippen LogP contribution in [-0.4, -0.2) is 41.7 Å². The fourth-order valence-corrected chi connectivity index (χ4v) is 1.86. The number of benzene rings is 1. The van der Waals surface area contributed by atoms with Crippen molar-refractivity contribution in [1.82, 2.24) is 4.90 Å². The van der Waals surface area contributed by atoms with Gasteiger partial charge in [0.25, 0.3) is 0 Å². The van der Waals surface area contributed by atoms with Gasteiger partial charge in [-0.05, 0) is 30.7 Å². The van der Waals surface area contributed by atoms with Gasteiger partial charge in [-0.1, -0.05) is 6.92 Å². The Bertz CT molecular complexity index is 480. The molecular formula is C14H18N2O4. The normalized spacial score (nSPS) is 14.6. The number of nitrogens with one attached hydrogen (secondary N) is 1. The molecule has 0 aromatic heterocycles. The highest BCUT2D eigenvalue weighted by atomic mass is 16.5. The molecule has 1 aliphatic rings. The zero-order valence-electron chi connectivity index (χ0n) is 11.3. The number of aliphatic carboxylic acids is 1. The Labute approximate surface area is 117 Å². The van der Waals surface area contributed by atoms with Crippen molar-refractivity contribution in [1.29, 1.82) is 0 Å². The fourth-order valence-electron chi connectivity index (χ4n) is 1.86. The molecule has 2 N–H and O–H groups in total. The van der Waals surface area contributed by atoms with Crippen LogP contribution < -0.4 is 10.1 Å². The first-order chi connectivity index (χ1) is 9.60. The third-order valence-corrected chi connectivity index (χ3v) is 3.10. The Morgan fingerprint density at radius 1 is 1.35 bits per heavy atom. The molecule has 1 aromatic carbocycles. The number of rotatable bonds is 5. The molecule has 20 heavy (non-hydrogen) atoms. The van der Waals surface area contributed by atoms with E-state index in [2.05, 4.69) is 5.32 Å². The zero-order valence-corrected chi connectivity index (χ0v) is 11.3. The number of hydrogen-bond acceptors (Lipinski definition) is 3. The van der Waals surface area contributed by atoms with E-state index in [4.69, 9.17) is 9.84 Å². The Morgan fingerprint density at radius 3 is 2.55 bits per heavy atom. The maximum atomic E-state index is 11.8. The number of amides is 2. The van der Waals surface area contributed by atoms with Crippen LogP contribution >= 0.6 is 0 Å². The molecule has 0 unspecified atom stereocenters. The van der Waals surface area contributed by atoms with Crippen molar-refractivity contribution in [2.45, 2.75) is 13.3 Å². The van der Waals surface area contributed by atoms with E-state index in [9.17, 15) is 9.59 Å². The number of nitrogens with zero attached hydrogens (tertiary/aromatic N) is 1. The molecule has 1 aliphatic heterocycles. The van der Waals surface area contributed by atoms with Crippen molar-refractivity contribution in [2.24, 2.45) is 5.92 Å². The number of carboxylic acid groups (broad SMARTS) is 1. The number of anilines is 1. The lowest BCUT2D eigenvalue weighted by Crippen LogP contribution is -2.54. The van der Waals surface area contributed by atoms with Gasteiger partial charge in [0.05, 0.1) is 12.5 Å². The lowest BCUT2D eigenvalue weighted by molar-refractivity contribution is -0.145. The third-order valence-electron chi connectivity index (χ3n) is 3.10. The molecule has 6 heteroatoms. The molecule has 0 aliphatic carbocycles. The Kier molecular flexibility index (Phi) is 4.45. The molecule has 1 heterocycles. The van der Waals surface area contributed by atoms with Crippen molar-refractivity contribution < 1.29 is 19.4 Å². The lowest BCUT2D eigenvalue weighted by Gasteiger charge is -2.36. The molecule has 1 aromatic rings. The second-order valence-corrected chi connectivity index (χ2v) is 4.74. The number of carbonyl (C=O) groups is 2. The van der Waals surface area contributed by atoms with Gasteiger partial charge < -0.3 is 20.1 Å². The van der Waals surface area contributed by atoms with Crippen LogP contribution in [0.25, 0.3) is 0 Å². The third kappa shape index (κ3) is 3.40. The van der Waals surface area contributed by atoms with Crippen molar-refractivity contribution >= 4 is 17.7 Å². The summed E-state index contributed by atoms with van der Waals surface area (Å²) in [5.41, 5.74) is 0.664. The van der Waals surface area contributed by atoms with Gasteiger partial charge in [-0.15, -0.1) is 0 Å². The number of likely N-dealkylation sites (tertiary alicyclic amines) is 1. The number of carbonyl (C=O) groups excluding carboxylic acids is 1. The van der Waals surface area contributed by atoms with Gasteiger partial charge in [0.15, 0.2) is 0 Å². The van der Waals surface area contributed by atoms with Crippen LogP contribution in [0, 0.1) is 5.92 Å². The molecular weight excluding hydrogens is 260 g/mol. The summed E-state index contributed by atoms with van der Waals surface area (Å²) < 4.78 is 5.45. The summed E-state index contributed by atoms with van der Waals surface area (Å²) in [7, 11) is 0. The predicted octanol–water partition coefficient (Wildman–Crippen LogP) is 2.02. The SMILES string of the molecule is CCCOc1ccc(NC(=O)N2CC(C(=O)O)C2)cc1. The van der Waals surface area contributed by atoms with Gasteiger partial charge in [-0.25, -0.2) is 4.79 Å². The average Bonchev–Trinajstić information content (AvgIpc) is 2.35. The first-order valence-electron chi connectivity index (χ1n) is 6.61. The van der Waals surface area contributed by atoms with Gasteiger partial charge in [0, 0.05) is 18.8 Å². The molecule has 0 radical (unpaired) electrons. The summed E-state index contributed by atoms with van der Waals surface area (Å²) in [6.45, 7) is 3.22. The summed E-state index contributed by atoms with van der Waals surface area (Å²) in [6.07, 6.45) is 0.943. The van der Waals surface area contributed by atoms with E-state index in [1.807, 2.05) is 6.92 Å². The first-order valence-corrected chi connectivity index (χ1v) is 6.61. The molecule has 0 bridgehead atoms. The van der Waals surface area contributed by atoms with Crippen LogP contribution in [-0.2, 0) is 4.79 Å². The fraction of sp³-hybridized carbons (Fsp3) is 0.429. The summed E-state index contributed by atoms with van der Waals surface area (Å²) in [5.74, 6) is -0.531. The van der Waals surface area contributed by atoms with Crippen LogP contribution in [0.15, 0.2) is 24.3 Å². The summed E-state index contributed by atoms with van der Waals surface area (Å²) >= 11 is 0. The summed E-state index contributed by atoms with van der Waals surface area (Å²) in [4.78, 5) is 23.9. The maximum Gasteiger partial charge on any atom is 0.321 e.